The lowest BCUT2D eigenvalue weighted by molar-refractivity contribution is 0.0997. The number of ether oxygens (including phenoxy) is 1. The Hall–Kier alpha value is -4.60. The van der Waals surface area contributed by atoms with Gasteiger partial charge in [-0.2, -0.15) is 0 Å². The summed E-state index contributed by atoms with van der Waals surface area (Å²) >= 11 is 0. The Labute approximate surface area is 199 Å². The number of nitrogens with two attached hydrogens (primary N) is 1. The highest BCUT2D eigenvalue weighted by Gasteiger charge is 2.20. The van der Waals surface area contributed by atoms with Crippen LogP contribution in [0.1, 0.15) is 39.2 Å². The fourth-order valence-electron chi connectivity index (χ4n) is 3.65. The third-order valence-electron chi connectivity index (χ3n) is 5.41. The predicted octanol–water partition coefficient (Wildman–Crippen LogP) is 4.44. The normalized spacial score (nSPS) is 11.7. The van der Waals surface area contributed by atoms with Crippen molar-refractivity contribution in [1.82, 2.24) is 9.97 Å². The Morgan fingerprint density at radius 1 is 1.03 bits per heavy atom. The van der Waals surface area contributed by atoms with Crippen LogP contribution in [0.15, 0.2) is 60.9 Å². The molecule has 4 aromatic rings. The predicted molar refractivity (Wildman–Crippen MR) is 127 cm³/mol. The molecular weight excluding hydrogens is 456 g/mol. The highest BCUT2D eigenvalue weighted by Crippen LogP contribution is 2.27. The average molecular weight is 477 g/mol. The van der Waals surface area contributed by atoms with Crippen LogP contribution in [0, 0.1) is 11.6 Å². The Morgan fingerprint density at radius 3 is 2.43 bits per heavy atom. The van der Waals surface area contributed by atoms with Gasteiger partial charge in [0.2, 0.25) is 0 Å². The maximum atomic E-state index is 14.3. The number of carbonyl (C=O) groups excluding carboxylic acids is 2. The maximum absolute atomic E-state index is 14.3. The molecule has 35 heavy (non-hydrogen) atoms. The number of aromatic nitrogens is 2. The lowest BCUT2D eigenvalue weighted by Gasteiger charge is -2.18. The van der Waals surface area contributed by atoms with Crippen molar-refractivity contribution in [3.8, 4) is 5.75 Å². The summed E-state index contributed by atoms with van der Waals surface area (Å²) in [5.41, 5.74) is 6.55. The van der Waals surface area contributed by atoms with Gasteiger partial charge in [0, 0.05) is 23.2 Å². The number of para-hydroxylation sites is 1. The number of carbonyl (C=O) groups is 2. The molecule has 0 saturated carbocycles. The number of fused-ring (bicyclic) bond motifs is 1. The lowest BCUT2D eigenvalue weighted by Crippen LogP contribution is -2.16. The molecule has 0 radical (unpaired) electrons. The van der Waals surface area contributed by atoms with E-state index in [1.165, 1.54) is 13.4 Å². The summed E-state index contributed by atoms with van der Waals surface area (Å²) in [4.78, 5) is 32.7. The zero-order chi connectivity index (χ0) is 25.1. The van der Waals surface area contributed by atoms with Gasteiger partial charge in [0.1, 0.15) is 35.1 Å². The number of halogens is 2. The molecule has 1 aromatic heterocycles. The maximum Gasteiger partial charge on any atom is 0.261 e. The lowest BCUT2D eigenvalue weighted by atomic mass is 10.1. The second-order valence-electron chi connectivity index (χ2n) is 7.70. The number of hydrogen-bond acceptors (Lipinski definition) is 6. The van der Waals surface area contributed by atoms with Crippen LogP contribution in [0.4, 0.5) is 20.3 Å². The fraction of sp³-hybridized carbons (Fsp3) is 0.120. The van der Waals surface area contributed by atoms with Gasteiger partial charge in [-0.25, -0.2) is 18.7 Å². The molecule has 1 atom stereocenters. The van der Waals surface area contributed by atoms with Gasteiger partial charge in [0.05, 0.1) is 24.2 Å². The van der Waals surface area contributed by atoms with E-state index in [1.54, 1.807) is 36.4 Å². The molecule has 10 heteroatoms. The standard InChI is InChI=1S/C25H21F2N5O3/c1-13(31-24-18-8-4-7-17(23(28)33)22(18)29-12-30-24)14-5-3-6-15(9-14)32-25(34)21-19(26)10-16(35-2)11-20(21)27/h3-13H,1-2H3,(H2,28,33)(H,32,34)(H,29,30,31)/t13-/m1/s1. The molecule has 0 spiro atoms. The van der Waals surface area contributed by atoms with E-state index >= 15 is 0 Å². The van der Waals surface area contributed by atoms with Crippen molar-refractivity contribution in [3.63, 3.8) is 0 Å². The number of benzene rings is 3. The number of methoxy groups -OCH3 is 1. The molecule has 1 heterocycles. The van der Waals surface area contributed by atoms with Gasteiger partial charge < -0.3 is 21.1 Å². The zero-order valence-corrected chi connectivity index (χ0v) is 18.8. The van der Waals surface area contributed by atoms with Crippen molar-refractivity contribution < 1.29 is 23.1 Å². The quantitative estimate of drug-likeness (QED) is 0.362. The van der Waals surface area contributed by atoms with Crippen molar-refractivity contribution in [2.45, 2.75) is 13.0 Å². The van der Waals surface area contributed by atoms with Crippen LogP contribution >= 0.6 is 0 Å². The summed E-state index contributed by atoms with van der Waals surface area (Å²) in [5.74, 6) is -3.13. The number of amides is 2. The first kappa shape index (κ1) is 23.6. The van der Waals surface area contributed by atoms with Gasteiger partial charge >= 0.3 is 0 Å². The van der Waals surface area contributed by atoms with Crippen molar-refractivity contribution in [2.75, 3.05) is 17.7 Å². The Morgan fingerprint density at radius 2 is 1.74 bits per heavy atom. The molecule has 3 aromatic carbocycles. The van der Waals surface area contributed by atoms with Crippen LogP contribution in [0.25, 0.3) is 10.9 Å². The summed E-state index contributed by atoms with van der Waals surface area (Å²) in [7, 11) is 1.27. The fourth-order valence-corrected chi connectivity index (χ4v) is 3.65. The van der Waals surface area contributed by atoms with Gasteiger partial charge in [0.25, 0.3) is 11.8 Å². The van der Waals surface area contributed by atoms with Crippen molar-refractivity contribution in [2.24, 2.45) is 5.73 Å². The second kappa shape index (κ2) is 9.72. The van der Waals surface area contributed by atoms with Crippen molar-refractivity contribution in [1.29, 1.82) is 0 Å². The molecule has 8 nitrogen and oxygen atoms in total. The first-order valence-electron chi connectivity index (χ1n) is 10.5. The Kier molecular flexibility index (Phi) is 6.54. The summed E-state index contributed by atoms with van der Waals surface area (Å²) in [5, 5.41) is 6.40. The molecule has 178 valence electrons. The van der Waals surface area contributed by atoms with Gasteiger partial charge in [-0.05, 0) is 36.8 Å². The Balaban J connectivity index is 1.57. The molecule has 0 aliphatic heterocycles. The van der Waals surface area contributed by atoms with Gasteiger partial charge in [-0.1, -0.05) is 18.2 Å². The SMILES string of the molecule is COc1cc(F)c(C(=O)Nc2cccc([C@@H](C)Nc3ncnc4c(C(N)=O)cccc34)c2)c(F)c1. The van der Waals surface area contributed by atoms with Gasteiger partial charge in [0.15, 0.2) is 0 Å². The smallest absolute Gasteiger partial charge is 0.261 e. The van der Waals surface area contributed by atoms with Crippen molar-refractivity contribution >= 4 is 34.2 Å². The van der Waals surface area contributed by atoms with E-state index in [1.807, 2.05) is 13.0 Å². The summed E-state index contributed by atoms with van der Waals surface area (Å²) in [6.07, 6.45) is 1.33. The first-order chi connectivity index (χ1) is 16.8. The van der Waals surface area contributed by atoms with Crippen LogP contribution in [0.3, 0.4) is 0 Å². The number of rotatable bonds is 7. The zero-order valence-electron chi connectivity index (χ0n) is 18.8. The number of hydrogen-bond donors (Lipinski definition) is 3. The first-order valence-corrected chi connectivity index (χ1v) is 10.5. The molecule has 0 aliphatic rings. The monoisotopic (exact) mass is 477 g/mol. The molecule has 0 bridgehead atoms. The highest BCUT2D eigenvalue weighted by molar-refractivity contribution is 6.07. The molecule has 0 saturated heterocycles. The van der Waals surface area contributed by atoms with Crippen LogP contribution in [0.2, 0.25) is 0 Å². The number of nitrogens with zero attached hydrogens (tertiary/aromatic N) is 2. The topological polar surface area (TPSA) is 119 Å². The molecule has 0 unspecified atom stereocenters. The second-order valence-corrected chi connectivity index (χ2v) is 7.70. The van der Waals surface area contributed by atoms with E-state index in [2.05, 4.69) is 20.6 Å². The van der Waals surface area contributed by atoms with E-state index < -0.39 is 29.0 Å². The summed E-state index contributed by atoms with van der Waals surface area (Å²) in [6.45, 7) is 1.87. The number of anilines is 2. The van der Waals surface area contributed by atoms with Crippen LogP contribution < -0.4 is 21.1 Å². The largest absolute Gasteiger partial charge is 0.497 e. The summed E-state index contributed by atoms with van der Waals surface area (Å²) in [6, 6.07) is 13.4. The van der Waals surface area contributed by atoms with Crippen LogP contribution in [0.5, 0.6) is 5.75 Å². The number of nitrogens with one attached hydrogen (secondary N) is 2. The average Bonchev–Trinajstić information content (AvgIpc) is 2.83. The van der Waals surface area contributed by atoms with Crippen LogP contribution in [-0.2, 0) is 0 Å². The van der Waals surface area contributed by atoms with E-state index in [4.69, 9.17) is 10.5 Å². The minimum Gasteiger partial charge on any atom is -0.497 e. The molecule has 0 fully saturated rings. The van der Waals surface area contributed by atoms with E-state index in [0.717, 1.165) is 17.7 Å². The van der Waals surface area contributed by atoms with Gasteiger partial charge in [-0.3, -0.25) is 9.59 Å². The third-order valence-corrected chi connectivity index (χ3v) is 5.41. The Bertz CT molecular complexity index is 1420. The molecular formula is C25H21F2N5O3. The third kappa shape index (κ3) is 4.86. The van der Waals surface area contributed by atoms with Crippen LogP contribution in [-0.4, -0.2) is 28.9 Å². The molecule has 4 N–H and O–H groups in total. The minimum atomic E-state index is -1.03. The van der Waals surface area contributed by atoms with E-state index in [9.17, 15) is 18.4 Å². The van der Waals surface area contributed by atoms with E-state index in [-0.39, 0.29) is 17.4 Å². The minimum absolute atomic E-state index is 0.0290. The molecule has 2 amide bonds. The van der Waals surface area contributed by atoms with Gasteiger partial charge in [-0.15, -0.1) is 0 Å². The molecule has 4 rings (SSSR count). The van der Waals surface area contributed by atoms with Crippen molar-refractivity contribution in [3.05, 3.63) is 89.2 Å². The number of primary amides is 1. The molecule has 0 aliphatic carbocycles. The van der Waals surface area contributed by atoms with E-state index in [0.29, 0.717) is 22.4 Å². The highest BCUT2D eigenvalue weighted by atomic mass is 19.1. The summed E-state index contributed by atoms with van der Waals surface area (Å²) < 4.78 is 33.4.